The topological polar surface area (TPSA) is 106 Å². The van der Waals surface area contributed by atoms with Crippen LogP contribution in [0.4, 0.5) is 0 Å². The first-order valence-corrected chi connectivity index (χ1v) is 9.60. The van der Waals surface area contributed by atoms with Gasteiger partial charge in [-0.3, -0.25) is 0 Å². The Kier molecular flexibility index (Phi) is 4.53. The smallest absolute Gasteiger partial charge is 0.277 e. The normalized spacial score (nSPS) is 12.3. The van der Waals surface area contributed by atoms with Crippen molar-refractivity contribution in [3.05, 3.63) is 48.4 Å². The molecule has 29 heavy (non-hydrogen) atoms. The molecule has 0 unspecified atom stereocenters. The fourth-order valence-electron chi connectivity index (χ4n) is 2.73. The van der Waals surface area contributed by atoms with Gasteiger partial charge < -0.3 is 23.2 Å². The fraction of sp³-hybridized carbons (Fsp3) is 0.158. The first kappa shape index (κ1) is 17.6. The van der Waals surface area contributed by atoms with E-state index < -0.39 is 0 Å². The Balaban J connectivity index is 1.26. The van der Waals surface area contributed by atoms with Gasteiger partial charge in [-0.2, -0.15) is 4.98 Å². The van der Waals surface area contributed by atoms with Crippen molar-refractivity contribution in [3.63, 3.8) is 0 Å². The average Bonchev–Trinajstić information content (AvgIpc) is 3.52. The molecule has 0 aliphatic carbocycles. The minimum absolute atomic E-state index is 0.214. The maximum atomic E-state index is 5.71. The first-order valence-electron chi connectivity index (χ1n) is 8.62. The summed E-state index contributed by atoms with van der Waals surface area (Å²) in [5, 5.41) is 12.6. The molecule has 1 aliphatic rings. The Bertz CT molecular complexity index is 1160. The number of methoxy groups -OCH3 is 1. The summed E-state index contributed by atoms with van der Waals surface area (Å²) in [5.41, 5.74) is 1.57. The predicted molar refractivity (Wildman–Crippen MR) is 102 cm³/mol. The Labute approximate surface area is 169 Å². The minimum Gasteiger partial charge on any atom is -0.497 e. The average molecular weight is 410 g/mol. The number of hydrogen-bond donors (Lipinski definition) is 0. The molecule has 4 aromatic rings. The Morgan fingerprint density at radius 3 is 2.90 bits per heavy atom. The summed E-state index contributed by atoms with van der Waals surface area (Å²) in [4.78, 5) is 4.40. The van der Waals surface area contributed by atoms with Gasteiger partial charge in [-0.15, -0.1) is 10.2 Å². The molecular formula is C19H14N4O5S. The number of fused-ring (bicyclic) bond motifs is 1. The van der Waals surface area contributed by atoms with Crippen molar-refractivity contribution in [1.82, 2.24) is 20.3 Å². The standard InChI is InChI=1S/C19H14N4O5S/c1-24-13-4-2-3-11(7-13)17-20-16(28-23-17)9-29-19-22-21-18(27-19)12-5-6-14-15(8-12)26-10-25-14/h2-8H,9-10H2,1H3. The first-order chi connectivity index (χ1) is 14.3. The van der Waals surface area contributed by atoms with Crippen LogP contribution in [-0.2, 0) is 5.75 Å². The van der Waals surface area contributed by atoms with E-state index in [1.54, 1.807) is 7.11 Å². The van der Waals surface area contributed by atoms with Gasteiger partial charge in [-0.1, -0.05) is 29.1 Å². The summed E-state index contributed by atoms with van der Waals surface area (Å²) in [6, 6.07) is 12.9. The zero-order valence-electron chi connectivity index (χ0n) is 15.2. The van der Waals surface area contributed by atoms with Crippen LogP contribution in [0.15, 0.2) is 56.6 Å². The quantitative estimate of drug-likeness (QED) is 0.436. The molecule has 146 valence electrons. The monoisotopic (exact) mass is 410 g/mol. The van der Waals surface area contributed by atoms with Crippen molar-refractivity contribution < 1.29 is 23.2 Å². The number of benzene rings is 2. The summed E-state index contributed by atoms with van der Waals surface area (Å²) in [6.07, 6.45) is 0. The second kappa shape index (κ2) is 7.47. The van der Waals surface area contributed by atoms with Crippen LogP contribution in [0.1, 0.15) is 5.89 Å². The molecular weight excluding hydrogens is 396 g/mol. The molecule has 0 N–H and O–H groups in total. The Morgan fingerprint density at radius 1 is 1.03 bits per heavy atom. The number of thioether (sulfide) groups is 1. The van der Waals surface area contributed by atoms with Crippen molar-refractivity contribution in [2.24, 2.45) is 0 Å². The van der Waals surface area contributed by atoms with E-state index in [1.165, 1.54) is 11.8 Å². The zero-order valence-corrected chi connectivity index (χ0v) is 16.0. The van der Waals surface area contributed by atoms with Crippen molar-refractivity contribution in [1.29, 1.82) is 0 Å². The predicted octanol–water partition coefficient (Wildman–Crippen LogP) is 3.82. The Hall–Kier alpha value is -3.53. The summed E-state index contributed by atoms with van der Waals surface area (Å²) in [6.45, 7) is 0.214. The minimum atomic E-state index is 0.214. The molecule has 2 aromatic carbocycles. The van der Waals surface area contributed by atoms with E-state index >= 15 is 0 Å². The number of nitrogens with zero attached hydrogens (tertiary/aromatic N) is 4. The maximum Gasteiger partial charge on any atom is 0.277 e. The van der Waals surface area contributed by atoms with Gasteiger partial charge in [-0.25, -0.2) is 0 Å². The summed E-state index contributed by atoms with van der Waals surface area (Å²) >= 11 is 1.31. The highest BCUT2D eigenvalue weighted by Gasteiger charge is 2.17. The van der Waals surface area contributed by atoms with Gasteiger partial charge in [0.05, 0.1) is 12.9 Å². The molecule has 5 rings (SSSR count). The largest absolute Gasteiger partial charge is 0.497 e. The van der Waals surface area contributed by atoms with E-state index in [0.29, 0.717) is 40.1 Å². The molecule has 3 heterocycles. The second-order valence-corrected chi connectivity index (χ2v) is 6.90. The molecule has 0 radical (unpaired) electrons. The van der Waals surface area contributed by atoms with Crippen LogP contribution in [0.3, 0.4) is 0 Å². The molecule has 0 bridgehead atoms. The van der Waals surface area contributed by atoms with Crippen LogP contribution < -0.4 is 14.2 Å². The van der Waals surface area contributed by atoms with E-state index in [1.807, 2.05) is 42.5 Å². The maximum absolute atomic E-state index is 5.71. The molecule has 0 spiro atoms. The van der Waals surface area contributed by atoms with Gasteiger partial charge in [-0.05, 0) is 30.3 Å². The van der Waals surface area contributed by atoms with Crippen LogP contribution in [-0.4, -0.2) is 34.2 Å². The molecule has 0 saturated heterocycles. The second-order valence-electron chi connectivity index (χ2n) is 5.97. The SMILES string of the molecule is COc1cccc(-c2noc(CSc3nnc(-c4ccc5c(c4)OCO5)o3)n2)c1. The lowest BCUT2D eigenvalue weighted by atomic mass is 10.2. The van der Waals surface area contributed by atoms with Gasteiger partial charge in [0.1, 0.15) is 5.75 Å². The van der Waals surface area contributed by atoms with E-state index in [-0.39, 0.29) is 6.79 Å². The lowest BCUT2D eigenvalue weighted by Crippen LogP contribution is -1.92. The van der Waals surface area contributed by atoms with E-state index in [0.717, 1.165) is 16.9 Å². The zero-order chi connectivity index (χ0) is 19.6. The molecule has 9 nitrogen and oxygen atoms in total. The van der Waals surface area contributed by atoms with Crippen molar-refractivity contribution in [2.45, 2.75) is 11.0 Å². The molecule has 1 aliphatic heterocycles. The van der Waals surface area contributed by atoms with Gasteiger partial charge in [0.15, 0.2) is 11.5 Å². The molecule has 0 atom stereocenters. The van der Waals surface area contributed by atoms with E-state index in [4.69, 9.17) is 23.2 Å². The van der Waals surface area contributed by atoms with Gasteiger partial charge in [0.2, 0.25) is 24.4 Å². The van der Waals surface area contributed by atoms with Gasteiger partial charge >= 0.3 is 0 Å². The van der Waals surface area contributed by atoms with Crippen LogP contribution in [0.25, 0.3) is 22.8 Å². The van der Waals surface area contributed by atoms with E-state index in [9.17, 15) is 0 Å². The fourth-order valence-corrected chi connectivity index (χ4v) is 3.33. The van der Waals surface area contributed by atoms with E-state index in [2.05, 4.69) is 20.3 Å². The van der Waals surface area contributed by atoms with Crippen LogP contribution in [0, 0.1) is 0 Å². The summed E-state index contributed by atoms with van der Waals surface area (Å²) < 4.78 is 26.9. The molecule has 0 amide bonds. The third-order valence-electron chi connectivity index (χ3n) is 4.14. The molecule has 0 fully saturated rings. The third kappa shape index (κ3) is 3.61. The lowest BCUT2D eigenvalue weighted by molar-refractivity contribution is 0.174. The lowest BCUT2D eigenvalue weighted by Gasteiger charge is -1.99. The number of aromatic nitrogens is 4. The highest BCUT2D eigenvalue weighted by atomic mass is 32.2. The number of hydrogen-bond acceptors (Lipinski definition) is 10. The molecule has 0 saturated carbocycles. The number of ether oxygens (including phenoxy) is 3. The van der Waals surface area contributed by atoms with Crippen LogP contribution >= 0.6 is 11.8 Å². The summed E-state index contributed by atoms with van der Waals surface area (Å²) in [7, 11) is 1.61. The molecule has 2 aromatic heterocycles. The molecule has 10 heteroatoms. The summed E-state index contributed by atoms with van der Waals surface area (Å²) in [5.74, 6) is 3.83. The highest BCUT2D eigenvalue weighted by Crippen LogP contribution is 2.36. The van der Waals surface area contributed by atoms with Gasteiger partial charge in [0, 0.05) is 11.1 Å². The van der Waals surface area contributed by atoms with Crippen molar-refractivity contribution in [2.75, 3.05) is 13.9 Å². The third-order valence-corrected chi connectivity index (χ3v) is 4.94. The van der Waals surface area contributed by atoms with Gasteiger partial charge in [0.25, 0.3) is 5.22 Å². The Morgan fingerprint density at radius 2 is 1.97 bits per heavy atom. The number of rotatable bonds is 6. The van der Waals surface area contributed by atoms with Crippen molar-refractivity contribution in [3.8, 4) is 40.1 Å². The van der Waals surface area contributed by atoms with Crippen LogP contribution in [0.2, 0.25) is 0 Å². The van der Waals surface area contributed by atoms with Crippen molar-refractivity contribution >= 4 is 11.8 Å². The highest BCUT2D eigenvalue weighted by molar-refractivity contribution is 7.98. The van der Waals surface area contributed by atoms with Crippen LogP contribution in [0.5, 0.6) is 17.2 Å².